The third kappa shape index (κ3) is 2.18. The summed E-state index contributed by atoms with van der Waals surface area (Å²) >= 11 is 0. The third-order valence-electron chi connectivity index (χ3n) is 3.42. The fourth-order valence-electron chi connectivity index (χ4n) is 2.51. The van der Waals surface area contributed by atoms with Crippen molar-refractivity contribution in [2.75, 3.05) is 21.3 Å². The molecule has 0 saturated heterocycles. The fraction of sp³-hybridized carbons (Fsp3) is 0.571. The maximum Gasteiger partial charge on any atom is 0.203 e. The van der Waals surface area contributed by atoms with E-state index in [9.17, 15) is 0 Å². The van der Waals surface area contributed by atoms with Gasteiger partial charge in [0.1, 0.15) is 11.9 Å². The minimum Gasteiger partial charge on any atom is -0.493 e. The van der Waals surface area contributed by atoms with Gasteiger partial charge in [-0.1, -0.05) is 13.3 Å². The molecule has 0 bridgehead atoms. The lowest BCUT2D eigenvalue weighted by atomic mass is 10.00. The predicted octanol–water partition coefficient (Wildman–Crippen LogP) is 2.27. The SMILES string of the molecule is CCCC1Oc2cc(OC)c(OC)c(OC)c2C1N. The number of ether oxygens (including phenoxy) is 4. The molecule has 19 heavy (non-hydrogen) atoms. The zero-order valence-electron chi connectivity index (χ0n) is 11.9. The van der Waals surface area contributed by atoms with Crippen molar-refractivity contribution in [1.29, 1.82) is 0 Å². The summed E-state index contributed by atoms with van der Waals surface area (Å²) in [6.07, 6.45) is 1.90. The zero-order valence-corrected chi connectivity index (χ0v) is 11.9. The summed E-state index contributed by atoms with van der Waals surface area (Å²) in [4.78, 5) is 0. The van der Waals surface area contributed by atoms with Crippen LogP contribution in [0.2, 0.25) is 0 Å². The normalized spacial score (nSPS) is 20.7. The molecule has 1 aliphatic rings. The van der Waals surface area contributed by atoms with Gasteiger partial charge in [-0.3, -0.25) is 0 Å². The largest absolute Gasteiger partial charge is 0.493 e. The number of methoxy groups -OCH3 is 3. The molecule has 0 spiro atoms. The first-order chi connectivity index (χ1) is 9.17. The summed E-state index contributed by atoms with van der Waals surface area (Å²) in [6, 6.07) is 1.61. The van der Waals surface area contributed by atoms with E-state index in [1.54, 1.807) is 21.3 Å². The summed E-state index contributed by atoms with van der Waals surface area (Å²) in [6.45, 7) is 2.11. The van der Waals surface area contributed by atoms with E-state index in [-0.39, 0.29) is 12.1 Å². The minimum absolute atomic E-state index is 0.0225. The lowest BCUT2D eigenvalue weighted by molar-refractivity contribution is 0.194. The molecule has 2 atom stereocenters. The molecule has 1 aromatic carbocycles. The second-order valence-corrected chi connectivity index (χ2v) is 4.53. The number of benzene rings is 1. The molecule has 0 radical (unpaired) electrons. The second-order valence-electron chi connectivity index (χ2n) is 4.53. The van der Waals surface area contributed by atoms with Crippen molar-refractivity contribution in [1.82, 2.24) is 0 Å². The van der Waals surface area contributed by atoms with Crippen LogP contribution in [0.5, 0.6) is 23.0 Å². The molecule has 0 saturated carbocycles. The first kappa shape index (κ1) is 13.8. The summed E-state index contributed by atoms with van der Waals surface area (Å²) in [7, 11) is 4.76. The molecule has 0 aliphatic carbocycles. The highest BCUT2D eigenvalue weighted by atomic mass is 16.5. The van der Waals surface area contributed by atoms with Gasteiger partial charge in [-0.2, -0.15) is 0 Å². The molecule has 5 heteroatoms. The average molecular weight is 267 g/mol. The van der Waals surface area contributed by atoms with Crippen molar-refractivity contribution in [3.8, 4) is 23.0 Å². The topological polar surface area (TPSA) is 62.9 Å². The highest BCUT2D eigenvalue weighted by Crippen LogP contribution is 2.51. The zero-order chi connectivity index (χ0) is 14.0. The Kier molecular flexibility index (Phi) is 4.04. The molecule has 2 rings (SSSR count). The van der Waals surface area contributed by atoms with E-state index < -0.39 is 0 Å². The monoisotopic (exact) mass is 267 g/mol. The molecule has 106 valence electrons. The van der Waals surface area contributed by atoms with E-state index in [1.165, 1.54) is 0 Å². The molecule has 1 aliphatic heterocycles. The average Bonchev–Trinajstić information content (AvgIpc) is 2.73. The number of rotatable bonds is 5. The van der Waals surface area contributed by atoms with Crippen LogP contribution in [0.3, 0.4) is 0 Å². The Bertz CT molecular complexity index is 461. The van der Waals surface area contributed by atoms with E-state index in [4.69, 9.17) is 24.7 Å². The molecule has 2 N–H and O–H groups in total. The standard InChI is InChI=1S/C14H21NO4/c1-5-6-8-12(15)11-9(19-8)7-10(16-2)13(17-3)14(11)18-4/h7-8,12H,5-6,15H2,1-4H3. The van der Waals surface area contributed by atoms with Gasteiger partial charge in [0.05, 0.1) is 32.9 Å². The van der Waals surface area contributed by atoms with Crippen LogP contribution in [0.15, 0.2) is 6.07 Å². The van der Waals surface area contributed by atoms with Crippen LogP contribution >= 0.6 is 0 Å². The molecule has 1 aromatic rings. The van der Waals surface area contributed by atoms with Crippen LogP contribution in [-0.4, -0.2) is 27.4 Å². The van der Waals surface area contributed by atoms with Gasteiger partial charge in [-0.15, -0.1) is 0 Å². The lowest BCUT2D eigenvalue weighted by Crippen LogP contribution is -2.25. The maximum atomic E-state index is 6.27. The first-order valence-electron chi connectivity index (χ1n) is 6.42. The fourth-order valence-corrected chi connectivity index (χ4v) is 2.51. The second kappa shape index (κ2) is 5.57. The van der Waals surface area contributed by atoms with Gasteiger partial charge < -0.3 is 24.7 Å². The van der Waals surface area contributed by atoms with E-state index in [1.807, 2.05) is 6.07 Å². The summed E-state index contributed by atoms with van der Waals surface area (Å²) in [5.74, 6) is 2.46. The van der Waals surface area contributed by atoms with Crippen LogP contribution in [0, 0.1) is 0 Å². The summed E-state index contributed by atoms with van der Waals surface area (Å²) < 4.78 is 22.0. The molecular weight excluding hydrogens is 246 g/mol. The van der Waals surface area contributed by atoms with E-state index >= 15 is 0 Å². The van der Waals surface area contributed by atoms with Gasteiger partial charge >= 0.3 is 0 Å². The molecule has 0 amide bonds. The molecular formula is C14H21NO4. The number of fused-ring (bicyclic) bond motifs is 1. The Hall–Kier alpha value is -1.62. The Labute approximate surface area is 113 Å². The van der Waals surface area contributed by atoms with Crippen LogP contribution < -0.4 is 24.7 Å². The van der Waals surface area contributed by atoms with E-state index in [0.29, 0.717) is 17.2 Å². The third-order valence-corrected chi connectivity index (χ3v) is 3.42. The lowest BCUT2D eigenvalue weighted by Gasteiger charge is -2.16. The van der Waals surface area contributed by atoms with Gasteiger partial charge in [0, 0.05) is 6.07 Å². The van der Waals surface area contributed by atoms with Crippen molar-refractivity contribution >= 4 is 0 Å². The van der Waals surface area contributed by atoms with Crippen molar-refractivity contribution in [2.24, 2.45) is 5.73 Å². The Morgan fingerprint density at radius 2 is 1.84 bits per heavy atom. The number of nitrogens with two attached hydrogens (primary N) is 1. The van der Waals surface area contributed by atoms with Gasteiger partial charge in [-0.05, 0) is 6.42 Å². The predicted molar refractivity (Wildman–Crippen MR) is 72.4 cm³/mol. The summed E-state index contributed by atoms with van der Waals surface area (Å²) in [5.41, 5.74) is 7.13. The molecule has 5 nitrogen and oxygen atoms in total. The van der Waals surface area contributed by atoms with Gasteiger partial charge in [0.25, 0.3) is 0 Å². The molecule has 1 heterocycles. The Morgan fingerprint density at radius 1 is 1.16 bits per heavy atom. The number of hydrogen-bond donors (Lipinski definition) is 1. The minimum atomic E-state index is -0.204. The maximum absolute atomic E-state index is 6.27. The quantitative estimate of drug-likeness (QED) is 0.886. The Balaban J connectivity index is 2.52. The van der Waals surface area contributed by atoms with Crippen molar-refractivity contribution in [3.05, 3.63) is 11.6 Å². The van der Waals surface area contributed by atoms with Crippen molar-refractivity contribution in [2.45, 2.75) is 31.9 Å². The van der Waals surface area contributed by atoms with Crippen LogP contribution in [-0.2, 0) is 0 Å². The van der Waals surface area contributed by atoms with E-state index in [0.717, 1.165) is 24.2 Å². The first-order valence-corrected chi connectivity index (χ1v) is 6.42. The molecule has 0 fully saturated rings. The molecule has 0 aromatic heterocycles. The van der Waals surface area contributed by atoms with Crippen molar-refractivity contribution in [3.63, 3.8) is 0 Å². The van der Waals surface area contributed by atoms with Gasteiger partial charge in [0.15, 0.2) is 11.5 Å². The highest BCUT2D eigenvalue weighted by Gasteiger charge is 2.36. The van der Waals surface area contributed by atoms with Gasteiger partial charge in [-0.25, -0.2) is 0 Å². The van der Waals surface area contributed by atoms with Crippen LogP contribution in [0.4, 0.5) is 0 Å². The van der Waals surface area contributed by atoms with Crippen LogP contribution in [0.25, 0.3) is 0 Å². The highest BCUT2D eigenvalue weighted by molar-refractivity contribution is 5.64. The number of hydrogen-bond acceptors (Lipinski definition) is 5. The van der Waals surface area contributed by atoms with Crippen LogP contribution in [0.1, 0.15) is 31.4 Å². The molecule has 2 unspecified atom stereocenters. The Morgan fingerprint density at radius 3 is 2.37 bits per heavy atom. The summed E-state index contributed by atoms with van der Waals surface area (Å²) in [5, 5.41) is 0. The van der Waals surface area contributed by atoms with E-state index in [2.05, 4.69) is 6.92 Å². The smallest absolute Gasteiger partial charge is 0.203 e. The van der Waals surface area contributed by atoms with Crippen molar-refractivity contribution < 1.29 is 18.9 Å². The van der Waals surface area contributed by atoms with Gasteiger partial charge in [0.2, 0.25) is 5.75 Å².